The summed E-state index contributed by atoms with van der Waals surface area (Å²) in [6.07, 6.45) is -8.53. The molecule has 9 heteroatoms. The highest BCUT2D eigenvalue weighted by Gasteiger charge is 2.39. The number of hydrogen-bond donors (Lipinski definition) is 0. The Hall–Kier alpha value is -1.25. The van der Waals surface area contributed by atoms with Crippen LogP contribution >= 0.6 is 15.9 Å². The molecule has 0 saturated carbocycles. The second-order valence-electron chi connectivity index (χ2n) is 3.27. The molecule has 3 nitrogen and oxygen atoms in total. The van der Waals surface area contributed by atoms with Gasteiger partial charge in [0.05, 0.1) is 17.7 Å². The van der Waals surface area contributed by atoms with E-state index in [1.807, 2.05) is 0 Å². The lowest BCUT2D eigenvalue weighted by atomic mass is 10.1. The van der Waals surface area contributed by atoms with Crippen molar-refractivity contribution in [3.63, 3.8) is 0 Å². The number of ether oxygens (including phenoxy) is 1. The molecule has 0 aromatic carbocycles. The highest BCUT2D eigenvalue weighted by molar-refractivity contribution is 9.10. The number of alkyl halides is 5. The molecular formula is C10H7BrF5NO2. The zero-order valence-electron chi connectivity index (χ0n) is 9.39. The van der Waals surface area contributed by atoms with E-state index in [0.717, 1.165) is 0 Å². The molecule has 19 heavy (non-hydrogen) atoms. The summed E-state index contributed by atoms with van der Waals surface area (Å²) in [6, 6.07) is 0.393. The number of nitrogens with zero attached hydrogens (tertiary/aromatic N) is 1. The Labute approximate surface area is 112 Å². The lowest BCUT2D eigenvalue weighted by Crippen LogP contribution is -2.18. The average molecular weight is 348 g/mol. The van der Waals surface area contributed by atoms with Crippen molar-refractivity contribution in [2.24, 2.45) is 0 Å². The molecule has 106 valence electrons. The topological polar surface area (TPSA) is 39.2 Å². The highest BCUT2D eigenvalue weighted by Crippen LogP contribution is 2.39. The second kappa shape index (κ2) is 5.81. The Balaban J connectivity index is 3.54. The van der Waals surface area contributed by atoms with E-state index in [-0.39, 0.29) is 11.2 Å². The molecule has 0 unspecified atom stereocenters. The van der Waals surface area contributed by atoms with Gasteiger partial charge in [0.25, 0.3) is 6.43 Å². The van der Waals surface area contributed by atoms with Gasteiger partial charge < -0.3 is 4.74 Å². The Morgan fingerprint density at radius 2 is 2.05 bits per heavy atom. The monoisotopic (exact) mass is 347 g/mol. The second-order valence-corrected chi connectivity index (χ2v) is 4.09. The first kappa shape index (κ1) is 15.8. The van der Waals surface area contributed by atoms with Crippen molar-refractivity contribution in [2.75, 3.05) is 6.61 Å². The summed E-state index contributed by atoms with van der Waals surface area (Å²) in [5, 5.41) is 0. The van der Waals surface area contributed by atoms with Gasteiger partial charge in [0, 0.05) is 0 Å². The molecule has 0 aliphatic carbocycles. The molecule has 0 bridgehead atoms. The molecule has 0 radical (unpaired) electrons. The minimum atomic E-state index is -5.03. The number of esters is 1. The number of carbonyl (C=O) groups excluding carboxylic acids is 1. The van der Waals surface area contributed by atoms with Gasteiger partial charge in [-0.15, -0.1) is 0 Å². The third-order valence-electron chi connectivity index (χ3n) is 2.02. The predicted molar refractivity (Wildman–Crippen MR) is 57.9 cm³/mol. The molecule has 0 fully saturated rings. The van der Waals surface area contributed by atoms with Gasteiger partial charge in [0.2, 0.25) is 0 Å². The van der Waals surface area contributed by atoms with Crippen molar-refractivity contribution in [3.8, 4) is 0 Å². The molecular weight excluding hydrogens is 341 g/mol. The summed E-state index contributed by atoms with van der Waals surface area (Å²) in [7, 11) is 0. The molecule has 0 atom stereocenters. The van der Waals surface area contributed by atoms with Crippen LogP contribution in [0.1, 0.15) is 35.0 Å². The van der Waals surface area contributed by atoms with E-state index in [0.29, 0.717) is 6.07 Å². The van der Waals surface area contributed by atoms with Crippen molar-refractivity contribution in [3.05, 3.63) is 27.5 Å². The van der Waals surface area contributed by atoms with Crippen LogP contribution in [-0.4, -0.2) is 17.6 Å². The van der Waals surface area contributed by atoms with Crippen LogP contribution < -0.4 is 0 Å². The standard InChI is InChI=1S/C10H7BrF5NO2/c1-2-19-9(18)7-6(8(12)13)4(10(14,15)16)3-5(11)17-7/h3,8H,2H2,1H3. The molecule has 1 aromatic rings. The van der Waals surface area contributed by atoms with Gasteiger partial charge in [-0.1, -0.05) is 0 Å². The fraction of sp³-hybridized carbons (Fsp3) is 0.400. The van der Waals surface area contributed by atoms with Crippen LogP contribution in [0.25, 0.3) is 0 Å². The lowest BCUT2D eigenvalue weighted by molar-refractivity contribution is -0.139. The SMILES string of the molecule is CCOC(=O)c1nc(Br)cc(C(F)(F)F)c1C(F)F. The molecule has 0 aliphatic heterocycles. The zero-order valence-corrected chi connectivity index (χ0v) is 11.0. The van der Waals surface area contributed by atoms with Crippen LogP contribution in [0.15, 0.2) is 10.7 Å². The quantitative estimate of drug-likeness (QED) is 0.471. The minimum absolute atomic E-state index is 0.170. The number of pyridine rings is 1. The number of aromatic nitrogens is 1. The van der Waals surface area contributed by atoms with Crippen LogP contribution in [0.3, 0.4) is 0 Å². The predicted octanol–water partition coefficient (Wildman–Crippen LogP) is 3.98. The first-order valence-corrected chi connectivity index (χ1v) is 5.70. The third kappa shape index (κ3) is 3.62. The number of carbonyl (C=O) groups is 1. The van der Waals surface area contributed by atoms with E-state index in [4.69, 9.17) is 0 Å². The number of hydrogen-bond acceptors (Lipinski definition) is 3. The highest BCUT2D eigenvalue weighted by atomic mass is 79.9. The maximum absolute atomic E-state index is 12.8. The third-order valence-corrected chi connectivity index (χ3v) is 2.43. The van der Waals surface area contributed by atoms with E-state index in [1.165, 1.54) is 6.92 Å². The smallest absolute Gasteiger partial charge is 0.417 e. The van der Waals surface area contributed by atoms with Crippen LogP contribution in [-0.2, 0) is 10.9 Å². The van der Waals surface area contributed by atoms with E-state index >= 15 is 0 Å². The summed E-state index contributed by atoms with van der Waals surface area (Å²) in [5.74, 6) is -1.33. The fourth-order valence-electron chi connectivity index (χ4n) is 1.33. The molecule has 0 N–H and O–H groups in total. The van der Waals surface area contributed by atoms with E-state index in [2.05, 4.69) is 25.7 Å². The normalized spacial score (nSPS) is 11.8. The summed E-state index contributed by atoms with van der Waals surface area (Å²) in [5.41, 5.74) is -4.14. The molecule has 0 amide bonds. The maximum atomic E-state index is 12.8. The molecule has 0 spiro atoms. The van der Waals surface area contributed by atoms with Gasteiger partial charge in [-0.3, -0.25) is 0 Å². The van der Waals surface area contributed by atoms with Crippen molar-refractivity contribution in [1.82, 2.24) is 4.98 Å². The fourth-order valence-corrected chi connectivity index (χ4v) is 1.74. The van der Waals surface area contributed by atoms with Crippen LogP contribution in [0.2, 0.25) is 0 Å². The van der Waals surface area contributed by atoms with Crippen molar-refractivity contribution < 1.29 is 31.5 Å². The summed E-state index contributed by atoms with van der Waals surface area (Å²) in [6.45, 7) is 1.22. The van der Waals surface area contributed by atoms with Gasteiger partial charge in [0.1, 0.15) is 4.60 Å². The summed E-state index contributed by atoms with van der Waals surface area (Å²) in [4.78, 5) is 14.7. The Kier molecular flexibility index (Phi) is 4.83. The Bertz CT molecular complexity index is 490. The van der Waals surface area contributed by atoms with Crippen molar-refractivity contribution in [2.45, 2.75) is 19.5 Å². The first-order valence-electron chi connectivity index (χ1n) is 4.91. The van der Waals surface area contributed by atoms with Crippen LogP contribution in [0.4, 0.5) is 22.0 Å². The van der Waals surface area contributed by atoms with Gasteiger partial charge >= 0.3 is 12.1 Å². The molecule has 1 rings (SSSR count). The number of rotatable bonds is 3. The zero-order chi connectivity index (χ0) is 14.8. The maximum Gasteiger partial charge on any atom is 0.417 e. The van der Waals surface area contributed by atoms with Crippen molar-refractivity contribution >= 4 is 21.9 Å². The van der Waals surface area contributed by atoms with Gasteiger partial charge in [-0.05, 0) is 28.9 Å². The Morgan fingerprint density at radius 1 is 1.47 bits per heavy atom. The largest absolute Gasteiger partial charge is 0.461 e. The van der Waals surface area contributed by atoms with E-state index < -0.39 is 35.4 Å². The summed E-state index contributed by atoms with van der Waals surface area (Å²) >= 11 is 2.64. The first-order chi connectivity index (χ1) is 8.68. The molecule has 1 aromatic heterocycles. The summed E-state index contributed by atoms with van der Waals surface area (Å²) < 4.78 is 67.7. The van der Waals surface area contributed by atoms with Gasteiger partial charge in [-0.25, -0.2) is 18.6 Å². The lowest BCUT2D eigenvalue weighted by Gasteiger charge is -2.15. The molecule has 0 saturated heterocycles. The van der Waals surface area contributed by atoms with Crippen LogP contribution in [0, 0.1) is 0 Å². The van der Waals surface area contributed by atoms with Crippen molar-refractivity contribution in [1.29, 1.82) is 0 Å². The number of halogens is 6. The van der Waals surface area contributed by atoms with Crippen LogP contribution in [0.5, 0.6) is 0 Å². The minimum Gasteiger partial charge on any atom is -0.461 e. The van der Waals surface area contributed by atoms with E-state index in [1.54, 1.807) is 0 Å². The Morgan fingerprint density at radius 3 is 2.47 bits per heavy atom. The van der Waals surface area contributed by atoms with E-state index in [9.17, 15) is 26.7 Å². The average Bonchev–Trinajstić information content (AvgIpc) is 2.26. The molecule has 0 aliphatic rings. The molecule has 1 heterocycles. The van der Waals surface area contributed by atoms with Gasteiger partial charge in [0.15, 0.2) is 5.69 Å². The van der Waals surface area contributed by atoms with Gasteiger partial charge in [-0.2, -0.15) is 13.2 Å².